The quantitative estimate of drug-likeness (QED) is 0.876. The first-order valence-electron chi connectivity index (χ1n) is 6.00. The number of hydrogen-bond acceptors (Lipinski definition) is 4. The standard InChI is InChI=1S/C15H14N2O3/c1-8-9(2)14(17-15(19)11(8)7-16)10-4-5-13(20-3)12(18)6-10/h4-6,18H,1-3H3,(H,17,19). The Balaban J connectivity index is 2.69. The molecule has 0 saturated carbocycles. The van der Waals surface area contributed by atoms with Crippen LogP contribution in [0.25, 0.3) is 11.3 Å². The number of hydrogen-bond donors (Lipinski definition) is 2. The van der Waals surface area contributed by atoms with Crippen LogP contribution in [0.2, 0.25) is 0 Å². The summed E-state index contributed by atoms with van der Waals surface area (Å²) in [6.45, 7) is 3.55. The molecule has 1 aromatic carbocycles. The highest BCUT2D eigenvalue weighted by atomic mass is 16.5. The molecule has 102 valence electrons. The summed E-state index contributed by atoms with van der Waals surface area (Å²) in [5.41, 5.74) is 2.37. The summed E-state index contributed by atoms with van der Waals surface area (Å²) in [5.74, 6) is 0.353. The number of phenols is 1. The smallest absolute Gasteiger partial charge is 0.266 e. The van der Waals surface area contributed by atoms with Crippen molar-refractivity contribution in [3.8, 4) is 28.8 Å². The molecular weight excluding hydrogens is 256 g/mol. The molecule has 0 aliphatic heterocycles. The second-order valence-electron chi connectivity index (χ2n) is 4.45. The van der Waals surface area contributed by atoms with E-state index in [0.29, 0.717) is 22.6 Å². The second kappa shape index (κ2) is 5.10. The lowest BCUT2D eigenvalue weighted by molar-refractivity contribution is 0.373. The van der Waals surface area contributed by atoms with E-state index < -0.39 is 5.56 Å². The molecule has 20 heavy (non-hydrogen) atoms. The summed E-state index contributed by atoms with van der Waals surface area (Å²) < 4.78 is 4.99. The van der Waals surface area contributed by atoms with Gasteiger partial charge in [-0.15, -0.1) is 0 Å². The van der Waals surface area contributed by atoms with Crippen molar-refractivity contribution in [2.45, 2.75) is 13.8 Å². The van der Waals surface area contributed by atoms with Gasteiger partial charge in [0.05, 0.1) is 12.8 Å². The van der Waals surface area contributed by atoms with Crippen molar-refractivity contribution >= 4 is 0 Å². The van der Waals surface area contributed by atoms with Crippen LogP contribution in [0.15, 0.2) is 23.0 Å². The molecule has 0 spiro atoms. The molecule has 0 fully saturated rings. The number of rotatable bonds is 2. The van der Waals surface area contributed by atoms with Crippen molar-refractivity contribution < 1.29 is 9.84 Å². The van der Waals surface area contributed by atoms with E-state index >= 15 is 0 Å². The van der Waals surface area contributed by atoms with Gasteiger partial charge in [-0.3, -0.25) is 4.79 Å². The lowest BCUT2D eigenvalue weighted by atomic mass is 9.99. The van der Waals surface area contributed by atoms with E-state index in [1.165, 1.54) is 13.2 Å². The fourth-order valence-corrected chi connectivity index (χ4v) is 2.08. The minimum absolute atomic E-state index is 0.00717. The molecule has 0 radical (unpaired) electrons. The number of H-pyrrole nitrogens is 1. The predicted octanol–water partition coefficient (Wildman–Crippen LogP) is 2.24. The first kappa shape index (κ1) is 13.7. The Hall–Kier alpha value is -2.74. The minimum atomic E-state index is -0.430. The summed E-state index contributed by atoms with van der Waals surface area (Å²) in [4.78, 5) is 14.5. The number of aromatic nitrogens is 1. The lowest BCUT2D eigenvalue weighted by Crippen LogP contribution is -2.15. The maximum absolute atomic E-state index is 11.9. The summed E-state index contributed by atoms with van der Waals surface area (Å²) in [7, 11) is 1.47. The van der Waals surface area contributed by atoms with Crippen LogP contribution in [-0.4, -0.2) is 17.2 Å². The van der Waals surface area contributed by atoms with Gasteiger partial charge in [0.2, 0.25) is 0 Å². The Bertz CT molecular complexity index is 770. The molecular formula is C15H14N2O3. The van der Waals surface area contributed by atoms with Crippen LogP contribution in [0.5, 0.6) is 11.5 Å². The Kier molecular flexibility index (Phi) is 3.49. The van der Waals surface area contributed by atoms with Crippen LogP contribution in [0, 0.1) is 25.2 Å². The molecule has 0 atom stereocenters. The molecule has 0 bridgehead atoms. The minimum Gasteiger partial charge on any atom is -0.504 e. The Morgan fingerprint density at radius 1 is 1.30 bits per heavy atom. The van der Waals surface area contributed by atoms with Gasteiger partial charge in [-0.25, -0.2) is 0 Å². The van der Waals surface area contributed by atoms with Crippen LogP contribution in [0.3, 0.4) is 0 Å². The zero-order valence-electron chi connectivity index (χ0n) is 11.4. The number of nitrogens with zero attached hydrogens (tertiary/aromatic N) is 1. The molecule has 0 aliphatic rings. The number of nitrogens with one attached hydrogen (secondary N) is 1. The SMILES string of the molecule is COc1ccc(-c2[nH]c(=O)c(C#N)c(C)c2C)cc1O. The predicted molar refractivity (Wildman–Crippen MR) is 74.9 cm³/mol. The highest BCUT2D eigenvalue weighted by Gasteiger charge is 2.13. The van der Waals surface area contributed by atoms with Gasteiger partial charge >= 0.3 is 0 Å². The monoisotopic (exact) mass is 270 g/mol. The molecule has 2 N–H and O–H groups in total. The lowest BCUT2D eigenvalue weighted by Gasteiger charge is -2.11. The van der Waals surface area contributed by atoms with E-state index in [1.54, 1.807) is 19.1 Å². The third-order valence-corrected chi connectivity index (χ3v) is 3.36. The van der Waals surface area contributed by atoms with Gasteiger partial charge in [-0.05, 0) is 43.2 Å². The summed E-state index contributed by atoms with van der Waals surface area (Å²) >= 11 is 0. The summed E-state index contributed by atoms with van der Waals surface area (Å²) in [6, 6.07) is 6.78. The van der Waals surface area contributed by atoms with Gasteiger partial charge in [-0.2, -0.15) is 5.26 Å². The molecule has 1 aromatic heterocycles. The largest absolute Gasteiger partial charge is 0.504 e. The number of aromatic hydroxyl groups is 1. The normalized spacial score (nSPS) is 10.1. The summed E-state index contributed by atoms with van der Waals surface area (Å²) in [5, 5.41) is 18.8. The molecule has 2 aromatic rings. The fraction of sp³-hybridized carbons (Fsp3) is 0.200. The Morgan fingerprint density at radius 2 is 2.00 bits per heavy atom. The van der Waals surface area contributed by atoms with Gasteiger partial charge in [-0.1, -0.05) is 0 Å². The third kappa shape index (κ3) is 2.12. The van der Waals surface area contributed by atoms with Crippen molar-refractivity contribution in [2.24, 2.45) is 0 Å². The van der Waals surface area contributed by atoms with Crippen molar-refractivity contribution in [1.29, 1.82) is 5.26 Å². The number of benzene rings is 1. The summed E-state index contributed by atoms with van der Waals surface area (Å²) in [6.07, 6.45) is 0. The number of ether oxygens (including phenoxy) is 1. The fourth-order valence-electron chi connectivity index (χ4n) is 2.08. The van der Waals surface area contributed by atoms with Crippen molar-refractivity contribution in [1.82, 2.24) is 4.98 Å². The highest BCUT2D eigenvalue weighted by molar-refractivity contribution is 5.68. The molecule has 0 saturated heterocycles. The number of pyridine rings is 1. The van der Waals surface area contributed by atoms with Gasteiger partial charge in [0.25, 0.3) is 5.56 Å². The van der Waals surface area contributed by atoms with E-state index in [0.717, 1.165) is 5.56 Å². The van der Waals surface area contributed by atoms with Crippen LogP contribution in [0.4, 0.5) is 0 Å². The Morgan fingerprint density at radius 3 is 2.55 bits per heavy atom. The zero-order valence-corrected chi connectivity index (χ0v) is 11.4. The topological polar surface area (TPSA) is 86.1 Å². The molecule has 0 aliphatic carbocycles. The average molecular weight is 270 g/mol. The molecule has 5 nitrogen and oxygen atoms in total. The number of aromatic amines is 1. The van der Waals surface area contributed by atoms with Gasteiger partial charge < -0.3 is 14.8 Å². The van der Waals surface area contributed by atoms with Crippen LogP contribution < -0.4 is 10.3 Å². The van der Waals surface area contributed by atoms with Crippen molar-refractivity contribution in [3.05, 3.63) is 45.2 Å². The molecule has 2 rings (SSSR count). The van der Waals surface area contributed by atoms with Gasteiger partial charge in [0.1, 0.15) is 11.6 Å². The van der Waals surface area contributed by atoms with Gasteiger partial charge in [0.15, 0.2) is 11.5 Å². The van der Waals surface area contributed by atoms with Gasteiger partial charge in [0, 0.05) is 5.56 Å². The first-order valence-corrected chi connectivity index (χ1v) is 6.00. The Labute approximate surface area is 116 Å². The van der Waals surface area contributed by atoms with Crippen LogP contribution in [0.1, 0.15) is 16.7 Å². The van der Waals surface area contributed by atoms with Crippen molar-refractivity contribution in [2.75, 3.05) is 7.11 Å². The van der Waals surface area contributed by atoms with E-state index in [9.17, 15) is 9.90 Å². The highest BCUT2D eigenvalue weighted by Crippen LogP contribution is 2.32. The maximum atomic E-state index is 11.9. The average Bonchev–Trinajstić information content (AvgIpc) is 2.43. The van der Waals surface area contributed by atoms with E-state index in [4.69, 9.17) is 10.00 Å². The molecule has 1 heterocycles. The number of methoxy groups -OCH3 is 1. The van der Waals surface area contributed by atoms with Crippen LogP contribution in [-0.2, 0) is 0 Å². The first-order chi connectivity index (χ1) is 9.49. The number of nitriles is 1. The molecule has 0 unspecified atom stereocenters. The van der Waals surface area contributed by atoms with Crippen molar-refractivity contribution in [3.63, 3.8) is 0 Å². The van der Waals surface area contributed by atoms with E-state index in [2.05, 4.69) is 4.98 Å². The molecule has 0 amide bonds. The second-order valence-corrected chi connectivity index (χ2v) is 4.45. The third-order valence-electron chi connectivity index (χ3n) is 3.36. The zero-order chi connectivity index (χ0) is 14.9. The number of phenolic OH excluding ortho intramolecular Hbond substituents is 1. The van der Waals surface area contributed by atoms with E-state index in [-0.39, 0.29) is 11.3 Å². The molecule has 5 heteroatoms. The van der Waals surface area contributed by atoms with Crippen LogP contribution >= 0.6 is 0 Å². The van der Waals surface area contributed by atoms with E-state index in [1.807, 2.05) is 13.0 Å². The maximum Gasteiger partial charge on any atom is 0.266 e.